The smallest absolute Gasteiger partial charge is 0.0558 e. The average molecular weight is 149 g/mol. The van der Waals surface area contributed by atoms with Crippen LogP contribution in [0.25, 0.3) is 0 Å². The van der Waals surface area contributed by atoms with Crippen molar-refractivity contribution in [1.82, 2.24) is 4.90 Å². The molecular formula is C6H15NOS. The zero-order valence-corrected chi connectivity index (χ0v) is 6.95. The van der Waals surface area contributed by atoms with Gasteiger partial charge in [-0.2, -0.15) is 11.8 Å². The van der Waals surface area contributed by atoms with Gasteiger partial charge in [0.15, 0.2) is 0 Å². The molecule has 0 saturated carbocycles. The Morgan fingerprint density at radius 2 is 2.11 bits per heavy atom. The molecule has 9 heavy (non-hydrogen) atoms. The summed E-state index contributed by atoms with van der Waals surface area (Å²) < 4.78 is 0. The SMILES string of the molecule is CSCCN(C)CCO. The third-order valence-electron chi connectivity index (χ3n) is 1.16. The van der Waals surface area contributed by atoms with Crippen molar-refractivity contribution >= 4 is 11.8 Å². The first kappa shape index (κ1) is 9.27. The lowest BCUT2D eigenvalue weighted by molar-refractivity contribution is 0.228. The molecule has 2 nitrogen and oxygen atoms in total. The highest BCUT2D eigenvalue weighted by Crippen LogP contribution is 1.91. The van der Waals surface area contributed by atoms with E-state index in [0.29, 0.717) is 0 Å². The van der Waals surface area contributed by atoms with Crippen LogP contribution in [0.3, 0.4) is 0 Å². The summed E-state index contributed by atoms with van der Waals surface area (Å²) in [5, 5.41) is 8.49. The molecule has 0 aliphatic rings. The molecule has 0 aliphatic carbocycles. The van der Waals surface area contributed by atoms with E-state index in [1.165, 1.54) is 0 Å². The largest absolute Gasteiger partial charge is 0.395 e. The van der Waals surface area contributed by atoms with Gasteiger partial charge in [-0.15, -0.1) is 0 Å². The molecule has 0 amide bonds. The standard InChI is InChI=1S/C6H15NOS/c1-7(3-5-8)4-6-9-2/h8H,3-6H2,1-2H3. The summed E-state index contributed by atoms with van der Waals surface area (Å²) in [5.41, 5.74) is 0. The predicted molar refractivity (Wildman–Crippen MR) is 43.0 cm³/mol. The van der Waals surface area contributed by atoms with E-state index in [1.807, 2.05) is 18.8 Å². The molecule has 3 heteroatoms. The zero-order valence-electron chi connectivity index (χ0n) is 6.13. The van der Waals surface area contributed by atoms with Gasteiger partial charge in [0.2, 0.25) is 0 Å². The van der Waals surface area contributed by atoms with E-state index in [4.69, 9.17) is 5.11 Å². The van der Waals surface area contributed by atoms with Crippen LogP contribution in [-0.2, 0) is 0 Å². The summed E-state index contributed by atoms with van der Waals surface area (Å²) in [4.78, 5) is 2.12. The van der Waals surface area contributed by atoms with Crippen molar-refractivity contribution in [3.8, 4) is 0 Å². The first-order chi connectivity index (χ1) is 4.31. The van der Waals surface area contributed by atoms with Crippen LogP contribution in [-0.4, -0.2) is 48.8 Å². The molecule has 0 aromatic heterocycles. The number of rotatable bonds is 5. The van der Waals surface area contributed by atoms with E-state index in [-0.39, 0.29) is 6.61 Å². The molecule has 0 spiro atoms. The first-order valence-corrected chi connectivity index (χ1v) is 4.49. The second kappa shape index (κ2) is 6.39. The van der Waals surface area contributed by atoms with Crippen LogP contribution in [0.15, 0.2) is 0 Å². The Balaban J connectivity index is 2.95. The van der Waals surface area contributed by atoms with E-state index < -0.39 is 0 Å². The normalized spacial score (nSPS) is 10.7. The van der Waals surface area contributed by atoms with Crippen LogP contribution in [0.5, 0.6) is 0 Å². The minimum Gasteiger partial charge on any atom is -0.395 e. The van der Waals surface area contributed by atoms with E-state index in [2.05, 4.69) is 11.2 Å². The van der Waals surface area contributed by atoms with Crippen LogP contribution in [0, 0.1) is 0 Å². The van der Waals surface area contributed by atoms with Crippen LogP contribution in [0.4, 0.5) is 0 Å². The lowest BCUT2D eigenvalue weighted by Crippen LogP contribution is -2.24. The molecule has 56 valence electrons. The first-order valence-electron chi connectivity index (χ1n) is 3.09. The molecule has 0 aromatic carbocycles. The van der Waals surface area contributed by atoms with E-state index in [9.17, 15) is 0 Å². The highest BCUT2D eigenvalue weighted by Gasteiger charge is 1.93. The number of thioether (sulfide) groups is 1. The van der Waals surface area contributed by atoms with Crippen molar-refractivity contribution < 1.29 is 5.11 Å². The van der Waals surface area contributed by atoms with Gasteiger partial charge in [-0.3, -0.25) is 0 Å². The number of hydrogen-bond acceptors (Lipinski definition) is 3. The predicted octanol–water partition coefficient (Wildman–Crippen LogP) is 0.273. The fourth-order valence-corrected chi connectivity index (χ4v) is 1.02. The van der Waals surface area contributed by atoms with E-state index >= 15 is 0 Å². The fraction of sp³-hybridized carbons (Fsp3) is 1.00. The van der Waals surface area contributed by atoms with Gasteiger partial charge >= 0.3 is 0 Å². The average Bonchev–Trinajstić information content (AvgIpc) is 1.85. The van der Waals surface area contributed by atoms with Crippen molar-refractivity contribution in [2.75, 3.05) is 38.8 Å². The van der Waals surface area contributed by atoms with Crippen molar-refractivity contribution in [1.29, 1.82) is 0 Å². The lowest BCUT2D eigenvalue weighted by Gasteiger charge is -2.12. The Kier molecular flexibility index (Phi) is 6.58. The summed E-state index contributed by atoms with van der Waals surface area (Å²) in [5.74, 6) is 1.15. The molecule has 0 aromatic rings. The second-order valence-corrected chi connectivity index (χ2v) is 3.01. The van der Waals surface area contributed by atoms with Gasteiger partial charge in [0.05, 0.1) is 6.61 Å². The minimum atomic E-state index is 0.269. The molecule has 0 aliphatic heterocycles. The van der Waals surface area contributed by atoms with Gasteiger partial charge in [-0.25, -0.2) is 0 Å². The number of nitrogens with zero attached hydrogens (tertiary/aromatic N) is 1. The van der Waals surface area contributed by atoms with Gasteiger partial charge < -0.3 is 10.0 Å². The van der Waals surface area contributed by atoms with Crippen molar-refractivity contribution in [3.05, 3.63) is 0 Å². The molecule has 0 rings (SSSR count). The van der Waals surface area contributed by atoms with Crippen LogP contribution in [0.2, 0.25) is 0 Å². The molecular weight excluding hydrogens is 134 g/mol. The molecule has 0 bridgehead atoms. The monoisotopic (exact) mass is 149 g/mol. The Morgan fingerprint density at radius 3 is 2.56 bits per heavy atom. The van der Waals surface area contributed by atoms with Gasteiger partial charge in [0, 0.05) is 18.8 Å². The maximum Gasteiger partial charge on any atom is 0.0558 e. The quantitative estimate of drug-likeness (QED) is 0.607. The highest BCUT2D eigenvalue weighted by molar-refractivity contribution is 7.98. The molecule has 0 radical (unpaired) electrons. The van der Waals surface area contributed by atoms with Crippen molar-refractivity contribution in [2.45, 2.75) is 0 Å². The van der Waals surface area contributed by atoms with Gasteiger partial charge in [-0.05, 0) is 13.3 Å². The maximum atomic E-state index is 8.49. The zero-order chi connectivity index (χ0) is 7.11. The Hall–Kier alpha value is 0.270. The van der Waals surface area contributed by atoms with Gasteiger partial charge in [0.1, 0.15) is 0 Å². The third kappa shape index (κ3) is 6.15. The number of aliphatic hydroxyl groups is 1. The number of aliphatic hydroxyl groups excluding tert-OH is 1. The van der Waals surface area contributed by atoms with Crippen molar-refractivity contribution in [3.63, 3.8) is 0 Å². The topological polar surface area (TPSA) is 23.5 Å². The molecule has 0 unspecified atom stereocenters. The minimum absolute atomic E-state index is 0.269. The Labute approximate surface area is 61.2 Å². The van der Waals surface area contributed by atoms with E-state index in [0.717, 1.165) is 18.8 Å². The van der Waals surface area contributed by atoms with Crippen molar-refractivity contribution in [2.24, 2.45) is 0 Å². The van der Waals surface area contributed by atoms with Crippen LogP contribution < -0.4 is 0 Å². The number of likely N-dealkylation sites (N-methyl/N-ethyl adjacent to an activating group) is 1. The van der Waals surface area contributed by atoms with E-state index in [1.54, 1.807) is 0 Å². The third-order valence-corrected chi connectivity index (χ3v) is 1.75. The van der Waals surface area contributed by atoms with Gasteiger partial charge in [-0.1, -0.05) is 0 Å². The highest BCUT2D eigenvalue weighted by atomic mass is 32.2. The summed E-state index contributed by atoms with van der Waals surface area (Å²) in [7, 11) is 2.02. The molecule has 0 saturated heterocycles. The lowest BCUT2D eigenvalue weighted by atomic mass is 10.5. The van der Waals surface area contributed by atoms with Crippen LogP contribution >= 0.6 is 11.8 Å². The Bertz CT molecular complexity index is 61.0. The number of hydrogen-bond donors (Lipinski definition) is 1. The molecule has 0 heterocycles. The second-order valence-electron chi connectivity index (χ2n) is 2.02. The molecule has 0 atom stereocenters. The molecule has 0 fully saturated rings. The summed E-state index contributed by atoms with van der Waals surface area (Å²) in [6.45, 7) is 2.13. The fourth-order valence-electron chi connectivity index (χ4n) is 0.530. The maximum absolute atomic E-state index is 8.49. The molecule has 1 N–H and O–H groups in total. The Morgan fingerprint density at radius 1 is 1.44 bits per heavy atom. The van der Waals surface area contributed by atoms with Gasteiger partial charge in [0.25, 0.3) is 0 Å². The summed E-state index contributed by atoms with van der Waals surface area (Å²) in [6.07, 6.45) is 2.09. The summed E-state index contributed by atoms with van der Waals surface area (Å²) >= 11 is 1.83. The van der Waals surface area contributed by atoms with Crippen LogP contribution in [0.1, 0.15) is 0 Å². The summed E-state index contributed by atoms with van der Waals surface area (Å²) in [6, 6.07) is 0.